The highest BCUT2D eigenvalue weighted by molar-refractivity contribution is 5.91. The minimum absolute atomic E-state index is 0.00492. The fourth-order valence-corrected chi connectivity index (χ4v) is 3.88. The van der Waals surface area contributed by atoms with Crippen molar-refractivity contribution < 1.29 is 13.9 Å². The Morgan fingerprint density at radius 3 is 2.81 bits per heavy atom. The van der Waals surface area contributed by atoms with E-state index in [1.165, 1.54) is 11.1 Å². The molecule has 5 nitrogen and oxygen atoms in total. The van der Waals surface area contributed by atoms with E-state index < -0.39 is 0 Å². The Kier molecular flexibility index (Phi) is 4.49. The Morgan fingerprint density at radius 1 is 1.27 bits per heavy atom. The second-order valence-electron chi connectivity index (χ2n) is 7.91. The lowest BCUT2D eigenvalue weighted by molar-refractivity contribution is 0.0672. The first-order valence-corrected chi connectivity index (χ1v) is 9.37. The van der Waals surface area contributed by atoms with Crippen molar-refractivity contribution in [2.45, 2.75) is 51.3 Å². The minimum atomic E-state index is -0.0955. The molecular weight excluding hydrogens is 328 g/mol. The van der Waals surface area contributed by atoms with Gasteiger partial charge in [0, 0.05) is 32.1 Å². The summed E-state index contributed by atoms with van der Waals surface area (Å²) in [6.07, 6.45) is 4.44. The molecule has 2 aliphatic heterocycles. The van der Waals surface area contributed by atoms with Crippen molar-refractivity contribution in [2.75, 3.05) is 13.1 Å². The number of ether oxygens (including phenoxy) is 1. The van der Waals surface area contributed by atoms with Crippen LogP contribution in [0.4, 0.5) is 0 Å². The number of nitrogens with zero attached hydrogens (tertiary/aromatic N) is 1. The second-order valence-corrected chi connectivity index (χ2v) is 7.91. The largest absolute Gasteiger partial charge is 0.487 e. The van der Waals surface area contributed by atoms with Crippen LogP contribution in [-0.2, 0) is 13.0 Å². The predicted molar refractivity (Wildman–Crippen MR) is 99.3 cm³/mol. The average molecular weight is 354 g/mol. The summed E-state index contributed by atoms with van der Waals surface area (Å²) in [5.41, 5.74) is 2.49. The highest BCUT2D eigenvalue weighted by Gasteiger charge is 2.30. The average Bonchev–Trinajstić information content (AvgIpc) is 3.25. The summed E-state index contributed by atoms with van der Waals surface area (Å²) >= 11 is 0. The highest BCUT2D eigenvalue weighted by Crippen LogP contribution is 2.35. The molecule has 1 aromatic carbocycles. The molecule has 0 bridgehead atoms. The third-order valence-corrected chi connectivity index (χ3v) is 5.24. The molecule has 0 radical (unpaired) electrons. The smallest absolute Gasteiger partial charge is 0.289 e. The van der Waals surface area contributed by atoms with Crippen LogP contribution < -0.4 is 10.1 Å². The van der Waals surface area contributed by atoms with Crippen LogP contribution >= 0.6 is 0 Å². The predicted octanol–water partition coefficient (Wildman–Crippen LogP) is 3.39. The molecule has 0 atom stereocenters. The van der Waals surface area contributed by atoms with Gasteiger partial charge in [0.25, 0.3) is 5.91 Å². The van der Waals surface area contributed by atoms with Gasteiger partial charge in [-0.15, -0.1) is 0 Å². The van der Waals surface area contributed by atoms with Crippen molar-refractivity contribution in [3.05, 3.63) is 53.5 Å². The number of rotatable bonds is 4. The quantitative estimate of drug-likeness (QED) is 0.914. The van der Waals surface area contributed by atoms with Crippen molar-refractivity contribution in [3.63, 3.8) is 0 Å². The van der Waals surface area contributed by atoms with Crippen LogP contribution in [0.15, 0.2) is 41.0 Å². The molecule has 1 saturated heterocycles. The Morgan fingerprint density at radius 2 is 2.08 bits per heavy atom. The molecule has 2 aromatic rings. The summed E-state index contributed by atoms with van der Waals surface area (Å²) in [4.78, 5) is 14.2. The molecule has 4 rings (SSSR count). The summed E-state index contributed by atoms with van der Waals surface area (Å²) in [5, 5.41) is 3.64. The van der Waals surface area contributed by atoms with E-state index in [1.54, 1.807) is 18.4 Å². The van der Waals surface area contributed by atoms with Crippen LogP contribution in [0.25, 0.3) is 0 Å². The molecular formula is C21H26N2O3. The molecule has 5 heteroatoms. The van der Waals surface area contributed by atoms with Gasteiger partial charge >= 0.3 is 0 Å². The third-order valence-electron chi connectivity index (χ3n) is 5.24. The Bertz CT molecular complexity index is 775. The van der Waals surface area contributed by atoms with Gasteiger partial charge in [-0.3, -0.25) is 4.79 Å². The normalized spacial score (nSPS) is 19.2. The van der Waals surface area contributed by atoms with Gasteiger partial charge < -0.3 is 19.4 Å². The number of likely N-dealkylation sites (tertiary alicyclic amines) is 1. The zero-order chi connectivity index (χ0) is 18.1. The third kappa shape index (κ3) is 3.63. The molecule has 138 valence electrons. The fourth-order valence-electron chi connectivity index (χ4n) is 3.88. The first-order valence-electron chi connectivity index (χ1n) is 9.37. The molecule has 0 unspecified atom stereocenters. The maximum atomic E-state index is 12.3. The summed E-state index contributed by atoms with van der Waals surface area (Å²) in [6, 6.07) is 10.4. The number of piperidine rings is 1. The number of nitrogens with one attached hydrogen (secondary N) is 1. The van der Waals surface area contributed by atoms with Gasteiger partial charge in [-0.1, -0.05) is 12.1 Å². The van der Waals surface area contributed by atoms with Crippen molar-refractivity contribution >= 4 is 5.91 Å². The summed E-state index contributed by atoms with van der Waals surface area (Å²) in [6.45, 7) is 6.64. The van der Waals surface area contributed by atoms with Crippen LogP contribution in [-0.4, -0.2) is 35.5 Å². The highest BCUT2D eigenvalue weighted by atomic mass is 16.5. The Labute approximate surface area is 154 Å². The van der Waals surface area contributed by atoms with Gasteiger partial charge in [-0.2, -0.15) is 0 Å². The van der Waals surface area contributed by atoms with Gasteiger partial charge in [0.15, 0.2) is 5.76 Å². The number of carbonyl (C=O) groups excluding carboxylic acids is 1. The molecule has 26 heavy (non-hydrogen) atoms. The number of hydrogen-bond acceptors (Lipinski definition) is 4. The van der Waals surface area contributed by atoms with E-state index in [-0.39, 0.29) is 11.5 Å². The monoisotopic (exact) mass is 354 g/mol. The molecule has 2 aliphatic rings. The minimum Gasteiger partial charge on any atom is -0.487 e. The first kappa shape index (κ1) is 17.2. The van der Waals surface area contributed by atoms with Gasteiger partial charge in [0.1, 0.15) is 11.4 Å². The Balaban J connectivity index is 1.27. The Hall–Kier alpha value is -2.27. The number of hydrogen-bond donors (Lipinski definition) is 1. The van der Waals surface area contributed by atoms with E-state index in [2.05, 4.69) is 37.4 Å². The standard InChI is InChI=1S/C21H26N2O3/c1-21(2)13-16-12-15(5-6-18(16)26-21)14-22-17-7-9-23(10-8-17)20(24)19-4-3-11-25-19/h3-6,11-12,17,22H,7-10,13-14H2,1-2H3. The summed E-state index contributed by atoms with van der Waals surface area (Å²) < 4.78 is 11.2. The van der Waals surface area contributed by atoms with Crippen LogP contribution in [0.2, 0.25) is 0 Å². The fraction of sp³-hybridized carbons (Fsp3) is 0.476. The zero-order valence-electron chi connectivity index (χ0n) is 15.5. The van der Waals surface area contributed by atoms with E-state index in [9.17, 15) is 4.79 Å². The lowest BCUT2D eigenvalue weighted by atomic mass is 10.00. The molecule has 1 fully saturated rings. The lowest BCUT2D eigenvalue weighted by Gasteiger charge is -2.32. The van der Waals surface area contributed by atoms with Crippen molar-refractivity contribution in [3.8, 4) is 5.75 Å². The van der Waals surface area contributed by atoms with E-state index in [4.69, 9.17) is 9.15 Å². The number of furan rings is 1. The number of amides is 1. The van der Waals surface area contributed by atoms with E-state index in [0.717, 1.165) is 44.6 Å². The number of carbonyl (C=O) groups is 1. The van der Waals surface area contributed by atoms with E-state index in [0.29, 0.717) is 11.8 Å². The van der Waals surface area contributed by atoms with Crippen molar-refractivity contribution in [2.24, 2.45) is 0 Å². The topological polar surface area (TPSA) is 54.7 Å². The molecule has 3 heterocycles. The van der Waals surface area contributed by atoms with Crippen LogP contribution in [0.1, 0.15) is 48.4 Å². The number of fused-ring (bicyclic) bond motifs is 1. The van der Waals surface area contributed by atoms with Crippen molar-refractivity contribution in [1.29, 1.82) is 0 Å². The molecule has 1 N–H and O–H groups in total. The van der Waals surface area contributed by atoms with Gasteiger partial charge in [0.2, 0.25) is 0 Å². The van der Waals surface area contributed by atoms with Crippen LogP contribution in [0.5, 0.6) is 5.75 Å². The van der Waals surface area contributed by atoms with Gasteiger partial charge in [-0.05, 0) is 56.0 Å². The van der Waals surface area contributed by atoms with Crippen LogP contribution in [0, 0.1) is 0 Å². The molecule has 0 aliphatic carbocycles. The second kappa shape index (κ2) is 6.80. The van der Waals surface area contributed by atoms with E-state index in [1.807, 2.05) is 4.90 Å². The zero-order valence-corrected chi connectivity index (χ0v) is 15.5. The van der Waals surface area contributed by atoms with Gasteiger partial charge in [0.05, 0.1) is 6.26 Å². The van der Waals surface area contributed by atoms with E-state index >= 15 is 0 Å². The molecule has 0 saturated carbocycles. The molecule has 0 spiro atoms. The maximum absolute atomic E-state index is 12.3. The molecule has 1 amide bonds. The first-order chi connectivity index (χ1) is 12.5. The SMILES string of the molecule is CC1(C)Cc2cc(CNC3CCN(C(=O)c4ccco4)CC3)ccc2O1. The van der Waals surface area contributed by atoms with Gasteiger partial charge in [-0.25, -0.2) is 0 Å². The molecule has 1 aromatic heterocycles. The maximum Gasteiger partial charge on any atom is 0.289 e. The number of benzene rings is 1. The lowest BCUT2D eigenvalue weighted by Crippen LogP contribution is -2.44. The summed E-state index contributed by atoms with van der Waals surface area (Å²) in [7, 11) is 0. The summed E-state index contributed by atoms with van der Waals surface area (Å²) in [5.74, 6) is 1.44. The van der Waals surface area contributed by atoms with Crippen molar-refractivity contribution in [1.82, 2.24) is 10.2 Å². The van der Waals surface area contributed by atoms with Crippen LogP contribution in [0.3, 0.4) is 0 Å².